The fraction of sp³-hybridized carbons (Fsp3) is 0.455. The van der Waals surface area contributed by atoms with Crippen LogP contribution in [-0.2, 0) is 0 Å². The van der Waals surface area contributed by atoms with Crippen molar-refractivity contribution < 1.29 is 0 Å². The van der Waals surface area contributed by atoms with E-state index in [0.29, 0.717) is 6.04 Å². The maximum atomic E-state index is 5.97. The van der Waals surface area contributed by atoms with Gasteiger partial charge in [-0.25, -0.2) is 0 Å². The Bertz CT molecular complexity index is 314. The molecule has 0 heterocycles. The fourth-order valence-corrected chi connectivity index (χ4v) is 2.15. The fourth-order valence-electron chi connectivity index (χ4n) is 1.96. The Hall–Kier alpha value is -0.730. The van der Waals surface area contributed by atoms with Gasteiger partial charge in [0.15, 0.2) is 0 Å². The van der Waals surface area contributed by atoms with Crippen LogP contribution in [0.5, 0.6) is 0 Å². The number of nitrogens with one attached hydrogen (secondary N) is 1. The van der Waals surface area contributed by atoms with Crippen molar-refractivity contribution in [3.05, 3.63) is 29.3 Å². The van der Waals surface area contributed by atoms with Crippen molar-refractivity contribution in [3.8, 4) is 0 Å². The van der Waals surface area contributed by atoms with Crippen molar-refractivity contribution >= 4 is 17.3 Å². The molecule has 1 aromatic carbocycles. The van der Waals surface area contributed by atoms with Crippen molar-refractivity contribution in [1.82, 2.24) is 0 Å². The molecule has 14 heavy (non-hydrogen) atoms. The summed E-state index contributed by atoms with van der Waals surface area (Å²) in [7, 11) is 0. The van der Waals surface area contributed by atoms with Crippen LogP contribution in [0.15, 0.2) is 24.3 Å². The van der Waals surface area contributed by atoms with Crippen molar-refractivity contribution in [2.45, 2.75) is 31.3 Å². The molecular weight excluding hydrogens is 196 g/mol. The van der Waals surface area contributed by atoms with Gasteiger partial charge in [0.2, 0.25) is 0 Å². The van der Waals surface area contributed by atoms with Gasteiger partial charge in [-0.05, 0) is 37.5 Å². The molecule has 2 rings (SSSR count). The second-order valence-electron chi connectivity index (χ2n) is 3.86. The van der Waals surface area contributed by atoms with E-state index in [0.717, 1.165) is 23.6 Å². The predicted octanol–water partition coefficient (Wildman–Crippen LogP) is 2.63. The summed E-state index contributed by atoms with van der Waals surface area (Å²) >= 11 is 5.90. The summed E-state index contributed by atoms with van der Waals surface area (Å²) in [5.41, 5.74) is 7.04. The number of hydrogen-bond donors (Lipinski definition) is 2. The van der Waals surface area contributed by atoms with Crippen molar-refractivity contribution in [1.29, 1.82) is 0 Å². The highest BCUT2D eigenvalue weighted by molar-refractivity contribution is 6.30. The first-order valence-corrected chi connectivity index (χ1v) is 5.41. The first-order chi connectivity index (χ1) is 6.75. The van der Waals surface area contributed by atoms with E-state index in [1.165, 1.54) is 6.42 Å². The van der Waals surface area contributed by atoms with Crippen LogP contribution < -0.4 is 11.1 Å². The van der Waals surface area contributed by atoms with E-state index in [4.69, 9.17) is 17.3 Å². The Balaban J connectivity index is 2.03. The summed E-state index contributed by atoms with van der Waals surface area (Å²) in [6.45, 7) is 0. The Kier molecular flexibility index (Phi) is 2.94. The lowest BCUT2D eigenvalue weighted by atomic mass is 10.2. The first-order valence-electron chi connectivity index (χ1n) is 5.03. The Morgan fingerprint density at radius 3 is 2.86 bits per heavy atom. The molecule has 1 aliphatic rings. The van der Waals surface area contributed by atoms with Gasteiger partial charge in [-0.1, -0.05) is 17.7 Å². The average molecular weight is 211 g/mol. The van der Waals surface area contributed by atoms with Crippen LogP contribution in [0, 0.1) is 0 Å². The number of hydrogen-bond acceptors (Lipinski definition) is 2. The first kappa shape index (κ1) is 9.81. The highest BCUT2D eigenvalue weighted by atomic mass is 35.5. The van der Waals surface area contributed by atoms with Crippen LogP contribution >= 0.6 is 11.6 Å². The van der Waals surface area contributed by atoms with Gasteiger partial charge in [-0.15, -0.1) is 0 Å². The third-order valence-electron chi connectivity index (χ3n) is 2.75. The van der Waals surface area contributed by atoms with Gasteiger partial charge >= 0.3 is 0 Å². The van der Waals surface area contributed by atoms with Gasteiger partial charge in [0, 0.05) is 22.8 Å². The summed E-state index contributed by atoms with van der Waals surface area (Å²) in [5.74, 6) is 0. The smallest absolute Gasteiger partial charge is 0.0426 e. The third kappa shape index (κ3) is 2.20. The summed E-state index contributed by atoms with van der Waals surface area (Å²) in [4.78, 5) is 0. The van der Waals surface area contributed by atoms with Crippen molar-refractivity contribution in [3.63, 3.8) is 0 Å². The van der Waals surface area contributed by atoms with E-state index in [1.54, 1.807) is 0 Å². The Labute approximate surface area is 89.4 Å². The Morgan fingerprint density at radius 2 is 2.21 bits per heavy atom. The molecule has 0 bridgehead atoms. The molecule has 2 atom stereocenters. The molecule has 76 valence electrons. The molecule has 0 spiro atoms. The van der Waals surface area contributed by atoms with E-state index < -0.39 is 0 Å². The normalized spacial score (nSPS) is 26.4. The SMILES string of the molecule is NC1CCCC1Nc1cccc(Cl)c1. The maximum absolute atomic E-state index is 5.97. The van der Waals surface area contributed by atoms with Gasteiger partial charge in [0.05, 0.1) is 0 Å². The van der Waals surface area contributed by atoms with Gasteiger partial charge in [0.1, 0.15) is 0 Å². The van der Waals surface area contributed by atoms with Crippen molar-refractivity contribution in [2.75, 3.05) is 5.32 Å². The minimum absolute atomic E-state index is 0.286. The number of nitrogens with two attached hydrogens (primary N) is 1. The van der Waals surface area contributed by atoms with Crippen LogP contribution in [0.1, 0.15) is 19.3 Å². The average Bonchev–Trinajstić information content (AvgIpc) is 2.52. The molecule has 1 aliphatic carbocycles. The van der Waals surface area contributed by atoms with Crippen LogP contribution in [0.4, 0.5) is 5.69 Å². The van der Waals surface area contributed by atoms with E-state index in [1.807, 2.05) is 24.3 Å². The lowest BCUT2D eigenvalue weighted by Crippen LogP contribution is -2.35. The molecule has 1 fully saturated rings. The van der Waals surface area contributed by atoms with Crippen LogP contribution in [0.3, 0.4) is 0 Å². The number of rotatable bonds is 2. The topological polar surface area (TPSA) is 38.0 Å². The lowest BCUT2D eigenvalue weighted by molar-refractivity contribution is 0.638. The monoisotopic (exact) mass is 210 g/mol. The predicted molar refractivity (Wildman–Crippen MR) is 60.7 cm³/mol. The van der Waals surface area contributed by atoms with Crippen LogP contribution in [0.2, 0.25) is 5.02 Å². The zero-order chi connectivity index (χ0) is 9.97. The molecule has 3 heteroatoms. The van der Waals surface area contributed by atoms with Crippen LogP contribution in [-0.4, -0.2) is 12.1 Å². The quantitative estimate of drug-likeness (QED) is 0.788. The number of benzene rings is 1. The summed E-state index contributed by atoms with van der Waals surface area (Å²) in [6, 6.07) is 8.48. The minimum atomic E-state index is 0.286. The highest BCUT2D eigenvalue weighted by Gasteiger charge is 2.23. The molecule has 2 unspecified atom stereocenters. The zero-order valence-corrected chi connectivity index (χ0v) is 8.80. The number of anilines is 1. The van der Waals surface area contributed by atoms with E-state index in [-0.39, 0.29) is 6.04 Å². The molecule has 0 aromatic heterocycles. The molecule has 0 saturated heterocycles. The highest BCUT2D eigenvalue weighted by Crippen LogP contribution is 2.23. The molecular formula is C11H15ClN2. The third-order valence-corrected chi connectivity index (χ3v) is 2.98. The lowest BCUT2D eigenvalue weighted by Gasteiger charge is -2.18. The van der Waals surface area contributed by atoms with Crippen molar-refractivity contribution in [2.24, 2.45) is 5.73 Å². The molecule has 3 N–H and O–H groups in total. The second-order valence-corrected chi connectivity index (χ2v) is 4.29. The van der Waals surface area contributed by atoms with Gasteiger partial charge in [-0.2, -0.15) is 0 Å². The maximum Gasteiger partial charge on any atom is 0.0426 e. The standard InChI is InChI=1S/C11H15ClN2/c12-8-3-1-4-9(7-8)14-11-6-2-5-10(11)13/h1,3-4,7,10-11,14H,2,5-6,13H2. The molecule has 0 aliphatic heterocycles. The molecule has 2 nitrogen and oxygen atoms in total. The van der Waals surface area contributed by atoms with E-state index >= 15 is 0 Å². The summed E-state index contributed by atoms with van der Waals surface area (Å²) in [6.07, 6.45) is 3.51. The molecule has 0 radical (unpaired) electrons. The second kappa shape index (κ2) is 4.20. The van der Waals surface area contributed by atoms with Gasteiger partial charge in [-0.3, -0.25) is 0 Å². The summed E-state index contributed by atoms with van der Waals surface area (Å²) in [5, 5.41) is 4.19. The van der Waals surface area contributed by atoms with Gasteiger partial charge < -0.3 is 11.1 Å². The minimum Gasteiger partial charge on any atom is -0.381 e. The van der Waals surface area contributed by atoms with E-state index in [2.05, 4.69) is 5.32 Å². The largest absolute Gasteiger partial charge is 0.381 e. The number of halogens is 1. The molecule has 0 amide bonds. The summed E-state index contributed by atoms with van der Waals surface area (Å²) < 4.78 is 0. The molecule has 1 aromatic rings. The van der Waals surface area contributed by atoms with Crippen LogP contribution in [0.25, 0.3) is 0 Å². The molecule has 1 saturated carbocycles. The zero-order valence-electron chi connectivity index (χ0n) is 8.04. The van der Waals surface area contributed by atoms with E-state index in [9.17, 15) is 0 Å². The Morgan fingerprint density at radius 1 is 1.36 bits per heavy atom. The van der Waals surface area contributed by atoms with Gasteiger partial charge in [0.25, 0.3) is 0 Å².